The Bertz CT molecular complexity index is 1030. The van der Waals surface area contributed by atoms with E-state index in [1.165, 1.54) is 98.2 Å². The van der Waals surface area contributed by atoms with E-state index in [-0.39, 0.29) is 77.2 Å². The van der Waals surface area contributed by atoms with Gasteiger partial charge in [0.25, 0.3) is 0 Å². The molecule has 8 heteroatoms. The monoisotopic (exact) mass is 902 g/mol. The van der Waals surface area contributed by atoms with Crippen LogP contribution < -0.4 is 24.8 Å². The van der Waals surface area contributed by atoms with Crippen molar-refractivity contribution in [3.8, 4) is 0 Å². The Kier molecular flexibility index (Phi) is 22.0. The fourth-order valence-electron chi connectivity index (χ4n) is 8.74. The van der Waals surface area contributed by atoms with Gasteiger partial charge < -0.3 is 24.8 Å². The molecule has 4 fully saturated rings. The maximum Gasteiger partial charge on any atom is 2.00 e. The van der Waals surface area contributed by atoms with Crippen LogP contribution in [0.4, 0.5) is 0 Å². The van der Waals surface area contributed by atoms with Crippen molar-refractivity contribution < 1.29 is 77.2 Å². The molecule has 4 saturated heterocycles. The van der Waals surface area contributed by atoms with Crippen LogP contribution in [0.2, 0.25) is 72.5 Å². The molecule has 0 amide bonds. The number of rotatable bonds is 8. The second-order valence-corrected chi connectivity index (χ2v) is 34.0. The van der Waals surface area contributed by atoms with Crippen molar-refractivity contribution in [2.45, 2.75) is 152 Å². The normalized spacial score (nSPS) is 24.2. The van der Waals surface area contributed by atoms with Gasteiger partial charge in [-0.3, -0.25) is 24.3 Å². The Balaban J connectivity index is 0.000000311. The molecule has 8 aliphatic rings. The molecule has 4 aliphatic carbocycles. The molecule has 0 saturated carbocycles. The van der Waals surface area contributed by atoms with Gasteiger partial charge in [-0.15, -0.1) is 25.7 Å². The molecule has 0 unspecified atom stereocenters. The van der Waals surface area contributed by atoms with E-state index < -0.39 is 32.3 Å². The van der Waals surface area contributed by atoms with Crippen molar-refractivity contribution >= 4 is 32.3 Å². The molecule has 0 nitrogen and oxygen atoms in total. The van der Waals surface area contributed by atoms with Gasteiger partial charge in [0.05, 0.1) is 0 Å². The summed E-state index contributed by atoms with van der Waals surface area (Å²) in [6.07, 6.45) is 42.8. The Morgan fingerprint density at radius 3 is 0.667 bits per heavy atom. The van der Waals surface area contributed by atoms with Gasteiger partial charge in [-0.05, 0) is 0 Å². The summed E-state index contributed by atoms with van der Waals surface area (Å²) in [5.74, 6) is 0. The average molecular weight is 907 g/mol. The van der Waals surface area contributed by atoms with Gasteiger partial charge in [-0.2, -0.15) is 24.3 Å². The Morgan fingerprint density at radius 2 is 0.583 bits per heavy atom. The van der Waals surface area contributed by atoms with Gasteiger partial charge in [0, 0.05) is 32.3 Å². The molecule has 48 heavy (non-hydrogen) atoms. The fourth-order valence-corrected chi connectivity index (χ4v) is 23.9. The Labute approximate surface area is 351 Å². The Hall–Kier alpha value is 1.13. The first-order valence-corrected chi connectivity index (χ1v) is 29.1. The van der Waals surface area contributed by atoms with E-state index in [0.29, 0.717) is 0 Å². The molecule has 4 heterocycles. The third-order valence-corrected chi connectivity index (χ3v) is 34.9. The predicted molar refractivity (Wildman–Crippen MR) is 204 cm³/mol. The number of hydrogen-bond donors (Lipinski definition) is 0. The second kappa shape index (κ2) is 22.4. The van der Waals surface area contributed by atoms with Gasteiger partial charge in [0.2, 0.25) is 0 Å². The summed E-state index contributed by atoms with van der Waals surface area (Å²) < 4.78 is 0. The largest absolute Gasteiger partial charge is 2.00 e. The molecular formula is C40H60Cl2Si4Zr2-2. The van der Waals surface area contributed by atoms with Gasteiger partial charge >= 0.3 is 52.4 Å². The summed E-state index contributed by atoms with van der Waals surface area (Å²) in [6, 6.07) is 18.1. The molecule has 0 aromatic carbocycles. The summed E-state index contributed by atoms with van der Waals surface area (Å²) in [6.45, 7) is 9.47. The van der Waals surface area contributed by atoms with E-state index in [9.17, 15) is 0 Å². The molecular weight excluding hydrogens is 846 g/mol. The SMILES string of the molecule is CC[Si]1(C2=[C-]CC=C2)CCC1.CC[Si]1(C2=[C-]CC=C2)CCC1.CC[Si]1(C2=[C-]CC=C2)CCC1.CC[Si]1(C2=[C-]CC=C2)CCC1.[Cl-].[Cl-].[Zr+2].[Zr+2]. The van der Waals surface area contributed by atoms with Gasteiger partial charge in [-0.25, -0.2) is 45.1 Å². The van der Waals surface area contributed by atoms with Crippen LogP contribution in [0.25, 0.3) is 0 Å². The van der Waals surface area contributed by atoms with E-state index in [1.807, 2.05) is 0 Å². The van der Waals surface area contributed by atoms with Gasteiger partial charge in [-0.1, -0.05) is 126 Å². The van der Waals surface area contributed by atoms with E-state index in [4.69, 9.17) is 0 Å². The van der Waals surface area contributed by atoms with Crippen molar-refractivity contribution in [1.29, 1.82) is 0 Å². The third kappa shape index (κ3) is 10.6. The maximum atomic E-state index is 3.52. The van der Waals surface area contributed by atoms with Crippen LogP contribution in [0.15, 0.2) is 69.4 Å². The second-order valence-electron chi connectivity index (χ2n) is 14.7. The number of halogens is 2. The van der Waals surface area contributed by atoms with Crippen LogP contribution in [0.1, 0.15) is 79.1 Å². The zero-order chi connectivity index (χ0) is 30.9. The average Bonchev–Trinajstić information content (AvgIpc) is 3.78. The summed E-state index contributed by atoms with van der Waals surface area (Å²) >= 11 is 0. The van der Waals surface area contributed by atoms with Crippen LogP contribution in [-0.2, 0) is 52.4 Å². The summed E-state index contributed by atoms with van der Waals surface area (Å²) in [5.41, 5.74) is 0. The molecule has 260 valence electrons. The quantitative estimate of drug-likeness (QED) is 0.197. The molecule has 0 radical (unpaired) electrons. The molecule has 0 aromatic heterocycles. The third-order valence-electron chi connectivity index (χ3n) is 13.0. The van der Waals surface area contributed by atoms with Crippen LogP contribution >= 0.6 is 0 Å². The summed E-state index contributed by atoms with van der Waals surface area (Å²) in [7, 11) is -3.46. The van der Waals surface area contributed by atoms with Crippen LogP contribution in [-0.4, -0.2) is 32.3 Å². The zero-order valence-electron chi connectivity index (χ0n) is 30.5. The maximum absolute atomic E-state index is 3.52. The van der Waals surface area contributed by atoms with Crippen molar-refractivity contribution in [2.75, 3.05) is 0 Å². The van der Waals surface area contributed by atoms with Crippen molar-refractivity contribution in [1.82, 2.24) is 0 Å². The first-order valence-electron chi connectivity index (χ1n) is 18.6. The van der Waals surface area contributed by atoms with Gasteiger partial charge in [0.15, 0.2) is 0 Å². The van der Waals surface area contributed by atoms with Gasteiger partial charge in [0.1, 0.15) is 0 Å². The Morgan fingerprint density at radius 1 is 0.396 bits per heavy atom. The minimum absolute atomic E-state index is 0. The molecule has 8 rings (SSSR count). The minimum atomic E-state index is -0.865. The molecule has 0 atom stereocenters. The molecule has 0 N–H and O–H groups in total. The van der Waals surface area contributed by atoms with Crippen LogP contribution in [0.3, 0.4) is 0 Å². The first-order chi connectivity index (χ1) is 21.5. The molecule has 4 aliphatic heterocycles. The zero-order valence-corrected chi connectivity index (χ0v) is 40.9. The van der Waals surface area contributed by atoms with Crippen molar-refractivity contribution in [3.63, 3.8) is 0 Å². The number of allylic oxidation sites excluding steroid dienone is 16. The predicted octanol–water partition coefficient (Wildman–Crippen LogP) is 6.35. The van der Waals surface area contributed by atoms with E-state index >= 15 is 0 Å². The van der Waals surface area contributed by atoms with Crippen LogP contribution in [0, 0.1) is 24.3 Å². The van der Waals surface area contributed by atoms with E-state index in [2.05, 4.69) is 101 Å². The van der Waals surface area contributed by atoms with Crippen molar-refractivity contribution in [2.24, 2.45) is 0 Å². The molecule has 0 aromatic rings. The first kappa shape index (κ1) is 47.2. The fraction of sp³-hybridized carbons (Fsp3) is 0.600. The van der Waals surface area contributed by atoms with Crippen LogP contribution in [0.5, 0.6) is 0 Å². The standard InChI is InChI=1S/4C10H15Si.2ClH.2Zr/c4*1-2-11(8-5-9-11)10-6-3-4-7-10;;;;/h4*3,6H,2,4-5,8-9H2,1H3;2*1H;;/q4*-1;;;2*+2/p-2. The molecule has 0 bridgehead atoms. The summed E-state index contributed by atoms with van der Waals surface area (Å²) in [4.78, 5) is 0. The smallest absolute Gasteiger partial charge is 1.00 e. The topological polar surface area (TPSA) is 0 Å². The molecule has 0 spiro atoms. The van der Waals surface area contributed by atoms with E-state index in [0.717, 1.165) is 25.7 Å². The van der Waals surface area contributed by atoms with E-state index in [1.54, 1.807) is 20.8 Å². The van der Waals surface area contributed by atoms with Crippen molar-refractivity contribution in [3.05, 3.63) is 93.7 Å². The summed E-state index contributed by atoms with van der Waals surface area (Å²) in [5, 5.41) is 6.58. The number of hydrogen-bond acceptors (Lipinski definition) is 0. The minimum Gasteiger partial charge on any atom is -1.00 e.